The standard InChI is InChI=1S/C29H37N3O3/c1-5-17-32(3)29(33)22-11-14-24(15-12-22)31-28(21-9-7-6-8-10-21)25-18-26(35-20(25)2)23-13-16-27(34-4)30-19-23/h11-16,18-19,21,28,31H,5-10,17H2,1-4H3. The number of amides is 1. The van der Waals surface area contributed by atoms with Crippen LogP contribution >= 0.6 is 0 Å². The molecule has 1 amide bonds. The predicted octanol–water partition coefficient (Wildman–Crippen LogP) is 6.87. The first-order chi connectivity index (χ1) is 17.0. The second kappa shape index (κ2) is 11.4. The number of rotatable bonds is 9. The van der Waals surface area contributed by atoms with Gasteiger partial charge in [-0.1, -0.05) is 26.2 Å². The van der Waals surface area contributed by atoms with Gasteiger partial charge in [0.15, 0.2) is 0 Å². The van der Waals surface area contributed by atoms with Crippen molar-refractivity contribution in [1.29, 1.82) is 0 Å². The summed E-state index contributed by atoms with van der Waals surface area (Å²) < 4.78 is 11.4. The minimum atomic E-state index is 0.0608. The van der Waals surface area contributed by atoms with Gasteiger partial charge < -0.3 is 19.4 Å². The van der Waals surface area contributed by atoms with Crippen molar-refractivity contribution in [2.24, 2.45) is 5.92 Å². The van der Waals surface area contributed by atoms with Crippen LogP contribution in [0.5, 0.6) is 5.88 Å². The van der Waals surface area contributed by atoms with Gasteiger partial charge in [0.1, 0.15) is 11.5 Å². The van der Waals surface area contributed by atoms with Gasteiger partial charge in [0, 0.05) is 48.2 Å². The van der Waals surface area contributed by atoms with E-state index in [-0.39, 0.29) is 11.9 Å². The molecule has 4 rings (SSSR count). The van der Waals surface area contributed by atoms with Gasteiger partial charge in [-0.15, -0.1) is 0 Å². The number of nitrogens with zero attached hydrogens (tertiary/aromatic N) is 2. The zero-order valence-corrected chi connectivity index (χ0v) is 21.3. The van der Waals surface area contributed by atoms with Crippen molar-refractivity contribution >= 4 is 11.6 Å². The molecule has 1 unspecified atom stereocenters. The monoisotopic (exact) mass is 475 g/mol. The van der Waals surface area contributed by atoms with E-state index in [4.69, 9.17) is 9.15 Å². The second-order valence-corrected chi connectivity index (χ2v) is 9.54. The maximum atomic E-state index is 12.6. The first kappa shape index (κ1) is 24.8. The minimum Gasteiger partial charge on any atom is -0.481 e. The molecular formula is C29H37N3O3. The summed E-state index contributed by atoms with van der Waals surface area (Å²) in [7, 11) is 3.47. The van der Waals surface area contributed by atoms with Crippen LogP contribution in [0.2, 0.25) is 0 Å². The molecule has 2 aromatic heterocycles. The van der Waals surface area contributed by atoms with Crippen molar-refractivity contribution in [3.05, 3.63) is 65.5 Å². The molecule has 35 heavy (non-hydrogen) atoms. The normalized spacial score (nSPS) is 15.0. The van der Waals surface area contributed by atoms with E-state index in [1.165, 1.54) is 37.7 Å². The van der Waals surface area contributed by atoms with Crippen LogP contribution in [-0.4, -0.2) is 36.5 Å². The highest BCUT2D eigenvalue weighted by molar-refractivity contribution is 5.94. The zero-order valence-electron chi connectivity index (χ0n) is 21.3. The van der Waals surface area contributed by atoms with Gasteiger partial charge in [0.05, 0.1) is 13.2 Å². The SMILES string of the molecule is CCCN(C)C(=O)c1ccc(NC(c2cc(-c3ccc(OC)nc3)oc2C)C2CCCCC2)cc1. The Morgan fingerprint density at radius 3 is 2.54 bits per heavy atom. The summed E-state index contributed by atoms with van der Waals surface area (Å²) in [6, 6.07) is 14.0. The van der Waals surface area contributed by atoms with E-state index < -0.39 is 0 Å². The number of nitrogens with one attached hydrogen (secondary N) is 1. The Bertz CT molecular complexity index is 1100. The lowest BCUT2D eigenvalue weighted by molar-refractivity contribution is 0.0795. The number of ether oxygens (including phenoxy) is 1. The number of benzene rings is 1. The molecule has 0 saturated heterocycles. The number of aryl methyl sites for hydroxylation is 1. The third-order valence-electron chi connectivity index (χ3n) is 7.00. The van der Waals surface area contributed by atoms with Gasteiger partial charge in [-0.2, -0.15) is 0 Å². The average Bonchev–Trinajstić information content (AvgIpc) is 3.29. The van der Waals surface area contributed by atoms with Crippen LogP contribution in [-0.2, 0) is 0 Å². The van der Waals surface area contributed by atoms with Crippen molar-refractivity contribution in [3.63, 3.8) is 0 Å². The summed E-state index contributed by atoms with van der Waals surface area (Å²) in [6.45, 7) is 4.88. The lowest BCUT2D eigenvalue weighted by atomic mass is 9.81. The van der Waals surface area contributed by atoms with E-state index in [2.05, 4.69) is 23.3 Å². The molecule has 1 aliphatic carbocycles. The van der Waals surface area contributed by atoms with E-state index in [9.17, 15) is 4.79 Å². The Hall–Kier alpha value is -3.28. The summed E-state index contributed by atoms with van der Waals surface area (Å²) in [6.07, 6.45) is 8.94. The third-order valence-corrected chi connectivity index (χ3v) is 7.00. The highest BCUT2D eigenvalue weighted by Crippen LogP contribution is 2.40. The fourth-order valence-corrected chi connectivity index (χ4v) is 5.06. The Labute approximate surface area is 208 Å². The molecule has 2 heterocycles. The molecule has 1 saturated carbocycles. The molecule has 1 atom stereocenters. The molecule has 186 valence electrons. The summed E-state index contributed by atoms with van der Waals surface area (Å²) in [5.74, 6) is 2.91. The third kappa shape index (κ3) is 5.87. The number of methoxy groups -OCH3 is 1. The van der Waals surface area contributed by atoms with Gasteiger partial charge in [0.2, 0.25) is 5.88 Å². The summed E-state index contributed by atoms with van der Waals surface area (Å²) in [5, 5.41) is 3.79. The fraction of sp³-hybridized carbons (Fsp3) is 0.448. The van der Waals surface area contributed by atoms with Crippen LogP contribution in [0, 0.1) is 12.8 Å². The summed E-state index contributed by atoms with van der Waals surface area (Å²) >= 11 is 0. The largest absolute Gasteiger partial charge is 0.481 e. The van der Waals surface area contributed by atoms with Gasteiger partial charge in [-0.3, -0.25) is 4.79 Å². The molecular weight excluding hydrogens is 438 g/mol. The van der Waals surface area contributed by atoms with Gasteiger partial charge in [0.25, 0.3) is 5.91 Å². The van der Waals surface area contributed by atoms with E-state index in [1.54, 1.807) is 18.2 Å². The molecule has 1 aromatic carbocycles. The van der Waals surface area contributed by atoms with Gasteiger partial charge >= 0.3 is 0 Å². The van der Waals surface area contributed by atoms with Crippen molar-refractivity contribution in [3.8, 4) is 17.2 Å². The summed E-state index contributed by atoms with van der Waals surface area (Å²) in [5.41, 5.74) is 3.85. The number of furan rings is 1. The minimum absolute atomic E-state index is 0.0608. The molecule has 0 spiro atoms. The van der Waals surface area contributed by atoms with Crippen LogP contribution in [0.15, 0.2) is 53.1 Å². The van der Waals surface area contributed by atoms with Crippen molar-refractivity contribution < 1.29 is 13.9 Å². The number of anilines is 1. The number of aromatic nitrogens is 1. The Morgan fingerprint density at radius 2 is 1.91 bits per heavy atom. The van der Waals surface area contributed by atoms with Crippen LogP contribution < -0.4 is 10.1 Å². The van der Waals surface area contributed by atoms with Crippen LogP contribution in [0.3, 0.4) is 0 Å². The maximum absolute atomic E-state index is 12.6. The molecule has 6 nitrogen and oxygen atoms in total. The van der Waals surface area contributed by atoms with Crippen LogP contribution in [0.4, 0.5) is 5.69 Å². The van der Waals surface area contributed by atoms with E-state index in [0.29, 0.717) is 11.8 Å². The van der Waals surface area contributed by atoms with E-state index >= 15 is 0 Å². The average molecular weight is 476 g/mol. The highest BCUT2D eigenvalue weighted by atomic mass is 16.5. The predicted molar refractivity (Wildman–Crippen MR) is 140 cm³/mol. The molecule has 1 N–H and O–H groups in total. The Morgan fingerprint density at radius 1 is 1.17 bits per heavy atom. The molecule has 0 radical (unpaired) electrons. The molecule has 1 aliphatic rings. The summed E-state index contributed by atoms with van der Waals surface area (Å²) in [4.78, 5) is 18.7. The quantitative estimate of drug-likeness (QED) is 0.366. The number of hydrogen-bond donors (Lipinski definition) is 1. The second-order valence-electron chi connectivity index (χ2n) is 9.54. The Kier molecular flexibility index (Phi) is 8.11. The smallest absolute Gasteiger partial charge is 0.253 e. The Balaban J connectivity index is 1.58. The van der Waals surface area contributed by atoms with E-state index in [0.717, 1.165) is 41.3 Å². The molecule has 6 heteroatoms. The molecule has 1 fully saturated rings. The van der Waals surface area contributed by atoms with Crippen LogP contribution in [0.25, 0.3) is 11.3 Å². The number of carbonyl (C=O) groups excluding carboxylic acids is 1. The lowest BCUT2D eigenvalue weighted by Crippen LogP contribution is -2.27. The maximum Gasteiger partial charge on any atom is 0.253 e. The number of hydrogen-bond acceptors (Lipinski definition) is 5. The first-order valence-electron chi connectivity index (χ1n) is 12.7. The zero-order chi connectivity index (χ0) is 24.8. The first-order valence-corrected chi connectivity index (χ1v) is 12.7. The van der Waals surface area contributed by atoms with Gasteiger partial charge in [-0.05, 0) is 68.5 Å². The molecule has 0 aliphatic heterocycles. The van der Waals surface area contributed by atoms with Crippen molar-refractivity contribution in [2.45, 2.75) is 58.4 Å². The highest BCUT2D eigenvalue weighted by Gasteiger charge is 2.28. The van der Waals surface area contributed by atoms with Crippen molar-refractivity contribution in [1.82, 2.24) is 9.88 Å². The lowest BCUT2D eigenvalue weighted by Gasteiger charge is -2.31. The number of carbonyl (C=O) groups is 1. The topological polar surface area (TPSA) is 67.6 Å². The van der Waals surface area contributed by atoms with Crippen LogP contribution in [0.1, 0.15) is 73.2 Å². The fourth-order valence-electron chi connectivity index (χ4n) is 5.06. The van der Waals surface area contributed by atoms with Crippen molar-refractivity contribution in [2.75, 3.05) is 26.0 Å². The number of pyridine rings is 1. The van der Waals surface area contributed by atoms with E-state index in [1.807, 2.05) is 50.4 Å². The molecule has 3 aromatic rings. The molecule has 0 bridgehead atoms. The van der Waals surface area contributed by atoms with Gasteiger partial charge in [-0.25, -0.2) is 4.98 Å².